The van der Waals surface area contributed by atoms with Crippen molar-refractivity contribution in [2.45, 2.75) is 51.4 Å². The van der Waals surface area contributed by atoms with Gasteiger partial charge in [0, 0.05) is 55.7 Å². The van der Waals surface area contributed by atoms with Gasteiger partial charge in [0.05, 0.1) is 12.2 Å². The number of methoxy groups -OCH3 is 2. The molecule has 10 heteroatoms. The average molecular weight is 524 g/mol. The smallest absolute Gasteiger partial charge is 0.329 e. The molecular weight excluding hydrogens is 493 g/mol. The Hall–Kier alpha value is -2.39. The maximum absolute atomic E-state index is 13.5. The highest BCUT2D eigenvalue weighted by Gasteiger charge is 2.44. The van der Waals surface area contributed by atoms with Crippen LogP contribution in [-0.4, -0.2) is 70.9 Å². The largest absolute Gasteiger partial charge is 0.458 e. The summed E-state index contributed by atoms with van der Waals surface area (Å²) in [6.07, 6.45) is 5.03. The number of nitrogens with zero attached hydrogens (tertiary/aromatic N) is 3. The molecule has 0 saturated heterocycles. The Labute approximate surface area is 215 Å². The molecule has 2 unspecified atom stereocenters. The first-order valence-corrected chi connectivity index (χ1v) is 11.9. The van der Waals surface area contributed by atoms with Gasteiger partial charge >= 0.3 is 5.97 Å². The molecule has 0 spiro atoms. The van der Waals surface area contributed by atoms with Gasteiger partial charge in [0.2, 0.25) is 5.91 Å². The van der Waals surface area contributed by atoms with Gasteiger partial charge in [-0.05, 0) is 45.9 Å². The average Bonchev–Trinajstić information content (AvgIpc) is 3.20. The minimum atomic E-state index is -0.953. The fourth-order valence-electron chi connectivity index (χ4n) is 4.03. The van der Waals surface area contributed by atoms with Gasteiger partial charge in [0.1, 0.15) is 28.7 Å². The first kappa shape index (κ1) is 27.2. The molecule has 1 aliphatic rings. The highest BCUT2D eigenvalue weighted by Crippen LogP contribution is 2.39. The fourth-order valence-corrected chi connectivity index (χ4v) is 4.35. The molecule has 1 aromatic heterocycles. The van der Waals surface area contributed by atoms with E-state index in [9.17, 15) is 9.59 Å². The predicted octanol–water partition coefficient (Wildman–Crippen LogP) is 4.56. The summed E-state index contributed by atoms with van der Waals surface area (Å²) in [5.41, 5.74) is 0.389. The molecule has 2 atom stereocenters. The molecule has 0 bridgehead atoms. The summed E-state index contributed by atoms with van der Waals surface area (Å²) in [5.74, 6) is -0.828. The van der Waals surface area contributed by atoms with Crippen molar-refractivity contribution in [3.8, 4) is 5.69 Å². The summed E-state index contributed by atoms with van der Waals surface area (Å²) in [6.45, 7) is 7.64. The van der Waals surface area contributed by atoms with Crippen LogP contribution in [0.3, 0.4) is 0 Å². The fraction of sp³-hybridized carbons (Fsp3) is 0.480. The Morgan fingerprint density at radius 1 is 1.26 bits per heavy atom. The lowest BCUT2D eigenvalue weighted by Gasteiger charge is -2.43. The number of amides is 1. The van der Waals surface area contributed by atoms with E-state index in [1.54, 1.807) is 64.2 Å². The summed E-state index contributed by atoms with van der Waals surface area (Å²) < 4.78 is 18.5. The number of rotatable bonds is 8. The molecule has 0 saturated carbocycles. The van der Waals surface area contributed by atoms with Gasteiger partial charge < -0.3 is 23.7 Å². The molecule has 1 aliphatic heterocycles. The number of carbonyl (C=O) groups excluding carboxylic acids is 2. The van der Waals surface area contributed by atoms with Crippen molar-refractivity contribution in [3.05, 3.63) is 52.5 Å². The minimum Gasteiger partial charge on any atom is -0.458 e. The molecule has 1 amide bonds. The van der Waals surface area contributed by atoms with E-state index in [0.717, 1.165) is 5.69 Å². The predicted molar refractivity (Wildman–Crippen MR) is 135 cm³/mol. The molecule has 3 rings (SSSR count). The molecule has 190 valence electrons. The molecule has 1 aromatic carbocycles. The molecule has 2 aromatic rings. The summed E-state index contributed by atoms with van der Waals surface area (Å²) in [4.78, 5) is 32.1. The number of hydrogen-bond donors (Lipinski definition) is 0. The summed E-state index contributed by atoms with van der Waals surface area (Å²) >= 11 is 12.4. The topological polar surface area (TPSA) is 82.9 Å². The van der Waals surface area contributed by atoms with Crippen LogP contribution in [0.1, 0.15) is 39.7 Å². The molecular formula is C25H31Cl2N3O5. The van der Waals surface area contributed by atoms with Crippen LogP contribution in [0.15, 0.2) is 36.8 Å². The monoisotopic (exact) mass is 523 g/mol. The zero-order chi connectivity index (χ0) is 26.0. The van der Waals surface area contributed by atoms with E-state index in [0.29, 0.717) is 21.3 Å². The Bertz CT molecular complexity index is 1120. The Morgan fingerprint density at radius 3 is 2.54 bits per heavy atom. The minimum absolute atomic E-state index is 0.123. The van der Waals surface area contributed by atoms with Crippen molar-refractivity contribution in [3.63, 3.8) is 0 Å². The quantitative estimate of drug-likeness (QED) is 0.471. The van der Waals surface area contributed by atoms with Gasteiger partial charge in [-0.25, -0.2) is 9.78 Å². The van der Waals surface area contributed by atoms with Crippen molar-refractivity contribution in [2.75, 3.05) is 27.4 Å². The van der Waals surface area contributed by atoms with Gasteiger partial charge in [-0.1, -0.05) is 23.2 Å². The zero-order valence-corrected chi connectivity index (χ0v) is 22.3. The van der Waals surface area contributed by atoms with Gasteiger partial charge in [-0.15, -0.1) is 0 Å². The van der Waals surface area contributed by atoms with Crippen LogP contribution < -0.4 is 0 Å². The highest BCUT2D eigenvalue weighted by molar-refractivity contribution is 6.31. The van der Waals surface area contributed by atoms with E-state index in [-0.39, 0.29) is 25.5 Å². The molecule has 8 nitrogen and oxygen atoms in total. The zero-order valence-electron chi connectivity index (χ0n) is 20.8. The third kappa shape index (κ3) is 6.25. The third-order valence-electron chi connectivity index (χ3n) is 5.77. The van der Waals surface area contributed by atoms with Crippen molar-refractivity contribution in [1.29, 1.82) is 0 Å². The first-order chi connectivity index (χ1) is 16.4. The van der Waals surface area contributed by atoms with Gasteiger partial charge in [0.25, 0.3) is 0 Å². The number of carbonyl (C=O) groups is 2. The number of hydrogen-bond acceptors (Lipinski definition) is 6. The molecule has 2 heterocycles. The van der Waals surface area contributed by atoms with Crippen molar-refractivity contribution in [2.24, 2.45) is 0 Å². The Kier molecular flexibility index (Phi) is 8.32. The highest BCUT2D eigenvalue weighted by atomic mass is 35.5. The molecule has 35 heavy (non-hydrogen) atoms. The third-order valence-corrected chi connectivity index (χ3v) is 6.20. The second kappa shape index (κ2) is 10.7. The second-order valence-electron chi connectivity index (χ2n) is 9.56. The number of benzene rings is 1. The number of imidazole rings is 1. The van der Waals surface area contributed by atoms with E-state index in [1.165, 1.54) is 11.0 Å². The van der Waals surface area contributed by atoms with Crippen LogP contribution >= 0.6 is 23.2 Å². The number of aromatic nitrogens is 2. The number of halogens is 2. The van der Waals surface area contributed by atoms with E-state index in [1.807, 2.05) is 13.0 Å². The van der Waals surface area contributed by atoms with Gasteiger partial charge in [-0.3, -0.25) is 4.79 Å². The standard InChI is InChI=1S/C25H31Cl2N3O5/c1-24(2,3)35-23(32)20(9-10-33-5)30-14-25(4,34-6)18(12-22(30)31)17-11-16(26)7-8-19(17)29-13-21(27)28-15-29/h7-8,11-13,15,20H,9-10,14H2,1-6H3. The molecule has 0 fully saturated rings. The van der Waals surface area contributed by atoms with E-state index in [4.69, 9.17) is 37.4 Å². The van der Waals surface area contributed by atoms with Crippen LogP contribution in [-0.2, 0) is 23.8 Å². The lowest BCUT2D eigenvalue weighted by Crippen LogP contribution is -2.56. The van der Waals surface area contributed by atoms with Crippen molar-refractivity contribution < 1.29 is 23.8 Å². The Balaban J connectivity index is 2.08. The van der Waals surface area contributed by atoms with Crippen LogP contribution in [0.5, 0.6) is 0 Å². The second-order valence-corrected chi connectivity index (χ2v) is 10.4. The molecule has 0 radical (unpaired) electrons. The van der Waals surface area contributed by atoms with Gasteiger partial charge in [0.15, 0.2) is 0 Å². The maximum atomic E-state index is 13.5. The van der Waals surface area contributed by atoms with Crippen LogP contribution in [0.2, 0.25) is 10.2 Å². The van der Waals surface area contributed by atoms with E-state index in [2.05, 4.69) is 4.98 Å². The molecule has 0 N–H and O–H groups in total. The maximum Gasteiger partial charge on any atom is 0.329 e. The van der Waals surface area contributed by atoms with Crippen LogP contribution in [0, 0.1) is 0 Å². The van der Waals surface area contributed by atoms with E-state index < -0.39 is 23.2 Å². The number of ether oxygens (including phenoxy) is 3. The van der Waals surface area contributed by atoms with Gasteiger partial charge in [-0.2, -0.15) is 0 Å². The SMILES string of the molecule is COCCC(C(=O)OC(C)(C)C)N1CC(C)(OC)C(c2cc(Cl)ccc2-n2cnc(Cl)c2)=CC1=O. The first-order valence-electron chi connectivity index (χ1n) is 11.2. The van der Waals surface area contributed by atoms with Crippen LogP contribution in [0.4, 0.5) is 0 Å². The number of esters is 1. The van der Waals surface area contributed by atoms with E-state index >= 15 is 0 Å². The molecule has 0 aliphatic carbocycles. The lowest BCUT2D eigenvalue weighted by atomic mass is 9.84. The van der Waals surface area contributed by atoms with Crippen molar-refractivity contribution >= 4 is 40.7 Å². The summed E-state index contributed by atoms with van der Waals surface area (Å²) in [5, 5.41) is 0.828. The van der Waals surface area contributed by atoms with Crippen LogP contribution in [0.25, 0.3) is 11.3 Å². The summed E-state index contributed by atoms with van der Waals surface area (Å²) in [7, 11) is 3.11. The normalized spacial score (nSPS) is 19.5. The summed E-state index contributed by atoms with van der Waals surface area (Å²) in [6, 6.07) is 4.51. The van der Waals surface area contributed by atoms with Crippen molar-refractivity contribution in [1.82, 2.24) is 14.5 Å². The lowest BCUT2D eigenvalue weighted by molar-refractivity contribution is -0.166. The Morgan fingerprint density at radius 2 is 1.97 bits per heavy atom.